The molecule has 2 aromatic carbocycles. The largest absolute Gasteiger partial charge is 0.378 e. The van der Waals surface area contributed by atoms with Crippen molar-refractivity contribution in [2.75, 3.05) is 5.32 Å². The van der Waals surface area contributed by atoms with E-state index >= 15 is 0 Å². The molecule has 0 amide bonds. The molecule has 8 heteroatoms. The Morgan fingerprint density at radius 2 is 1.88 bits per heavy atom. The lowest BCUT2D eigenvalue weighted by atomic mass is 10.2. The van der Waals surface area contributed by atoms with Gasteiger partial charge in [0.15, 0.2) is 11.6 Å². The van der Waals surface area contributed by atoms with Gasteiger partial charge in [-0.3, -0.25) is 0 Å². The maximum Gasteiger partial charge on any atom is 0.163 e. The molecular formula is C18H18N8. The van der Waals surface area contributed by atoms with Crippen LogP contribution in [0.1, 0.15) is 11.4 Å². The molecule has 8 nitrogen and oxygen atoms in total. The number of hydrogen-bond acceptors (Lipinski definition) is 6. The smallest absolute Gasteiger partial charge is 0.163 e. The molecule has 0 atom stereocenters. The van der Waals surface area contributed by atoms with Crippen LogP contribution in [0.2, 0.25) is 0 Å². The highest BCUT2D eigenvalue weighted by Crippen LogP contribution is 2.20. The van der Waals surface area contributed by atoms with E-state index in [4.69, 9.17) is 0 Å². The molecule has 26 heavy (non-hydrogen) atoms. The highest BCUT2D eigenvalue weighted by molar-refractivity contribution is 5.55. The Bertz CT molecular complexity index is 1010. The zero-order valence-corrected chi connectivity index (χ0v) is 14.5. The molecule has 4 rings (SSSR count). The average molecular weight is 346 g/mol. The first-order valence-electron chi connectivity index (χ1n) is 8.24. The first-order chi connectivity index (χ1) is 12.7. The van der Waals surface area contributed by atoms with Crippen LogP contribution in [0.15, 0.2) is 54.9 Å². The average Bonchev–Trinajstić information content (AvgIpc) is 3.31. The molecular weight excluding hydrogens is 328 g/mol. The van der Waals surface area contributed by atoms with E-state index in [9.17, 15) is 0 Å². The van der Waals surface area contributed by atoms with Gasteiger partial charge in [0.1, 0.15) is 6.33 Å². The van der Waals surface area contributed by atoms with Crippen LogP contribution in [0.4, 0.5) is 5.69 Å². The first-order valence-corrected chi connectivity index (χ1v) is 8.24. The van der Waals surface area contributed by atoms with E-state index in [2.05, 4.69) is 37.1 Å². The Morgan fingerprint density at radius 1 is 1.04 bits per heavy atom. The molecule has 130 valence electrons. The van der Waals surface area contributed by atoms with Crippen molar-refractivity contribution in [3.05, 3.63) is 66.2 Å². The molecule has 2 heterocycles. The molecule has 0 unspecified atom stereocenters. The minimum Gasteiger partial charge on any atom is -0.378 e. The van der Waals surface area contributed by atoms with Crippen molar-refractivity contribution in [2.45, 2.75) is 13.5 Å². The zero-order chi connectivity index (χ0) is 17.9. The molecule has 4 aromatic rings. The van der Waals surface area contributed by atoms with E-state index in [0.717, 1.165) is 34.2 Å². The standard InChI is InChI=1S/C18H18N8/c1-13-10-15(8-9-16(13)26-12-20-23-24-26)19-11-17-21-22-18(25(17)2)14-6-4-3-5-7-14/h3-10,12,19H,11H2,1-2H3. The number of aryl methyl sites for hydroxylation is 1. The molecule has 0 saturated heterocycles. The molecule has 0 radical (unpaired) electrons. The van der Waals surface area contributed by atoms with Gasteiger partial charge in [0.2, 0.25) is 0 Å². The van der Waals surface area contributed by atoms with Crippen molar-refractivity contribution in [3.63, 3.8) is 0 Å². The lowest BCUT2D eigenvalue weighted by Gasteiger charge is -2.10. The second-order valence-electron chi connectivity index (χ2n) is 5.97. The van der Waals surface area contributed by atoms with Gasteiger partial charge in [0, 0.05) is 18.3 Å². The molecule has 0 bridgehead atoms. The topological polar surface area (TPSA) is 86.3 Å². The van der Waals surface area contributed by atoms with Crippen molar-refractivity contribution in [2.24, 2.45) is 7.05 Å². The summed E-state index contributed by atoms with van der Waals surface area (Å²) in [6.45, 7) is 2.61. The van der Waals surface area contributed by atoms with Crippen molar-refractivity contribution in [1.29, 1.82) is 0 Å². The van der Waals surface area contributed by atoms with E-state index in [1.807, 2.05) is 61.0 Å². The van der Waals surface area contributed by atoms with Crippen molar-refractivity contribution in [3.8, 4) is 17.1 Å². The summed E-state index contributed by atoms with van der Waals surface area (Å²) in [5, 5.41) is 23.3. The Hall–Kier alpha value is -3.55. The molecule has 0 aliphatic carbocycles. The number of benzene rings is 2. The molecule has 1 N–H and O–H groups in total. The summed E-state index contributed by atoms with van der Waals surface area (Å²) in [6.07, 6.45) is 1.58. The van der Waals surface area contributed by atoms with Gasteiger partial charge in [0.25, 0.3) is 0 Å². The maximum atomic E-state index is 4.31. The lowest BCUT2D eigenvalue weighted by molar-refractivity contribution is 0.785. The van der Waals surface area contributed by atoms with Crippen LogP contribution in [-0.4, -0.2) is 35.0 Å². The third kappa shape index (κ3) is 3.04. The summed E-state index contributed by atoms with van der Waals surface area (Å²) in [4.78, 5) is 0. The van der Waals surface area contributed by atoms with Crippen LogP contribution < -0.4 is 5.32 Å². The summed E-state index contributed by atoms with van der Waals surface area (Å²) in [7, 11) is 1.98. The monoisotopic (exact) mass is 346 g/mol. The second kappa shape index (κ2) is 6.75. The molecule has 0 spiro atoms. The molecule has 0 saturated carbocycles. The van der Waals surface area contributed by atoms with Gasteiger partial charge in [-0.25, -0.2) is 4.68 Å². The minimum atomic E-state index is 0.583. The Labute approximate surface area is 150 Å². The van der Waals surface area contributed by atoms with Gasteiger partial charge in [-0.1, -0.05) is 30.3 Å². The zero-order valence-electron chi connectivity index (χ0n) is 14.5. The van der Waals surface area contributed by atoms with Gasteiger partial charge in [-0.2, -0.15) is 0 Å². The summed E-state index contributed by atoms with van der Waals surface area (Å²) in [6, 6.07) is 16.1. The number of rotatable bonds is 5. The third-order valence-corrected chi connectivity index (χ3v) is 4.24. The second-order valence-corrected chi connectivity index (χ2v) is 5.97. The van der Waals surface area contributed by atoms with Crippen LogP contribution in [0, 0.1) is 6.92 Å². The van der Waals surface area contributed by atoms with Crippen LogP contribution in [0.5, 0.6) is 0 Å². The fraction of sp³-hybridized carbons (Fsp3) is 0.167. The molecule has 0 aliphatic heterocycles. The Kier molecular flexibility index (Phi) is 4.14. The first kappa shape index (κ1) is 15.9. The number of nitrogens with zero attached hydrogens (tertiary/aromatic N) is 7. The number of anilines is 1. The fourth-order valence-corrected chi connectivity index (χ4v) is 2.83. The third-order valence-electron chi connectivity index (χ3n) is 4.24. The number of aromatic nitrogens is 7. The van der Waals surface area contributed by atoms with E-state index in [1.54, 1.807) is 11.0 Å². The predicted octanol–water partition coefficient (Wildman–Crippen LogP) is 2.38. The van der Waals surface area contributed by atoms with Crippen molar-refractivity contribution >= 4 is 5.69 Å². The SMILES string of the molecule is Cc1cc(NCc2nnc(-c3ccccc3)n2C)ccc1-n1cnnn1. The fourth-order valence-electron chi connectivity index (χ4n) is 2.83. The van der Waals surface area contributed by atoms with E-state index in [-0.39, 0.29) is 0 Å². The minimum absolute atomic E-state index is 0.583. The van der Waals surface area contributed by atoms with Gasteiger partial charge >= 0.3 is 0 Å². The van der Waals surface area contributed by atoms with Gasteiger partial charge in [-0.15, -0.1) is 15.3 Å². The van der Waals surface area contributed by atoms with E-state index < -0.39 is 0 Å². The number of nitrogens with one attached hydrogen (secondary N) is 1. The van der Waals surface area contributed by atoms with Gasteiger partial charge in [-0.05, 0) is 41.1 Å². The normalized spacial score (nSPS) is 10.8. The highest BCUT2D eigenvalue weighted by Gasteiger charge is 2.10. The summed E-state index contributed by atoms with van der Waals surface area (Å²) in [5.74, 6) is 1.72. The quantitative estimate of drug-likeness (QED) is 0.597. The number of tetrazole rings is 1. The van der Waals surface area contributed by atoms with Crippen LogP contribution in [0.3, 0.4) is 0 Å². The molecule has 0 fully saturated rings. The van der Waals surface area contributed by atoms with Gasteiger partial charge < -0.3 is 9.88 Å². The van der Waals surface area contributed by atoms with Crippen LogP contribution >= 0.6 is 0 Å². The van der Waals surface area contributed by atoms with E-state index in [1.165, 1.54) is 0 Å². The van der Waals surface area contributed by atoms with Gasteiger partial charge in [0.05, 0.1) is 12.2 Å². The molecule has 0 aliphatic rings. The summed E-state index contributed by atoms with van der Waals surface area (Å²) in [5.41, 5.74) is 4.08. The van der Waals surface area contributed by atoms with Crippen molar-refractivity contribution in [1.82, 2.24) is 35.0 Å². The summed E-state index contributed by atoms with van der Waals surface area (Å²) < 4.78 is 3.65. The number of hydrogen-bond donors (Lipinski definition) is 1. The Balaban J connectivity index is 1.50. The summed E-state index contributed by atoms with van der Waals surface area (Å²) >= 11 is 0. The van der Waals surface area contributed by atoms with Crippen LogP contribution in [0.25, 0.3) is 17.1 Å². The lowest BCUT2D eigenvalue weighted by Crippen LogP contribution is -2.07. The van der Waals surface area contributed by atoms with Crippen molar-refractivity contribution < 1.29 is 0 Å². The highest BCUT2D eigenvalue weighted by atomic mass is 15.5. The van der Waals surface area contributed by atoms with Crippen LogP contribution in [-0.2, 0) is 13.6 Å². The maximum absolute atomic E-state index is 4.31. The van der Waals surface area contributed by atoms with E-state index in [0.29, 0.717) is 6.54 Å². The molecule has 2 aromatic heterocycles. The predicted molar refractivity (Wildman–Crippen MR) is 97.7 cm³/mol. The Morgan fingerprint density at radius 3 is 2.62 bits per heavy atom.